The largest absolute Gasteiger partial charge is 0.294 e. The number of halogens is 3. The van der Waals surface area contributed by atoms with Gasteiger partial charge in [0.25, 0.3) is 5.56 Å². The van der Waals surface area contributed by atoms with E-state index in [2.05, 4.69) is 20.9 Å². The number of aromatic nitrogens is 2. The summed E-state index contributed by atoms with van der Waals surface area (Å²) in [5, 5.41) is 0.807. The molecule has 1 aromatic heterocycles. The van der Waals surface area contributed by atoms with Gasteiger partial charge in [-0.05, 0) is 35.9 Å². The monoisotopic (exact) mass is 366 g/mol. The summed E-state index contributed by atoms with van der Waals surface area (Å²) in [7, 11) is 0. The smallest absolute Gasteiger partial charge is 0.261 e. The van der Waals surface area contributed by atoms with Crippen molar-refractivity contribution in [2.75, 3.05) is 0 Å². The molecule has 1 heterocycles. The topological polar surface area (TPSA) is 34.9 Å². The number of benzene rings is 2. The van der Waals surface area contributed by atoms with Gasteiger partial charge in [0.1, 0.15) is 5.82 Å². The molecule has 0 aliphatic rings. The Hall–Kier alpha value is -1.72. The second kappa shape index (κ2) is 5.58. The predicted octanol–water partition coefficient (Wildman–Crippen LogP) is 4.00. The Balaban J connectivity index is 2.09. The molecule has 0 unspecified atom stereocenters. The first-order chi connectivity index (χ1) is 10.0. The van der Waals surface area contributed by atoms with Gasteiger partial charge in [-0.25, -0.2) is 9.37 Å². The standard InChI is InChI=1S/C15H9BrClFN2O/c16-10-2-4-14-12(5-10)15(21)20(8-19-14)7-9-1-3-11(18)6-13(9)17/h1-6,8H,7H2. The van der Waals surface area contributed by atoms with Gasteiger partial charge in [0, 0.05) is 9.50 Å². The van der Waals surface area contributed by atoms with Crippen LogP contribution in [0.1, 0.15) is 5.56 Å². The Morgan fingerprint density at radius 2 is 2.05 bits per heavy atom. The van der Waals surface area contributed by atoms with Gasteiger partial charge < -0.3 is 0 Å². The van der Waals surface area contributed by atoms with Gasteiger partial charge in [-0.3, -0.25) is 9.36 Å². The summed E-state index contributed by atoms with van der Waals surface area (Å²) in [6.07, 6.45) is 1.47. The average molecular weight is 368 g/mol. The highest BCUT2D eigenvalue weighted by molar-refractivity contribution is 9.10. The molecule has 0 aliphatic heterocycles. The van der Waals surface area contributed by atoms with Gasteiger partial charge in [0.15, 0.2) is 0 Å². The maximum atomic E-state index is 13.0. The number of fused-ring (bicyclic) bond motifs is 1. The van der Waals surface area contributed by atoms with Gasteiger partial charge in [-0.2, -0.15) is 0 Å². The Morgan fingerprint density at radius 3 is 2.81 bits per heavy atom. The third-order valence-corrected chi connectivity index (χ3v) is 3.99. The molecular weight excluding hydrogens is 359 g/mol. The molecule has 3 aromatic rings. The lowest BCUT2D eigenvalue weighted by Gasteiger charge is -2.08. The zero-order valence-corrected chi connectivity index (χ0v) is 13.0. The van der Waals surface area contributed by atoms with Crippen molar-refractivity contribution in [3.63, 3.8) is 0 Å². The van der Waals surface area contributed by atoms with Gasteiger partial charge in [0.05, 0.1) is 23.8 Å². The summed E-state index contributed by atoms with van der Waals surface area (Å²) < 4.78 is 15.3. The normalized spacial score (nSPS) is 11.0. The molecule has 0 amide bonds. The van der Waals surface area contributed by atoms with E-state index in [0.29, 0.717) is 16.5 Å². The summed E-state index contributed by atoms with van der Waals surface area (Å²) >= 11 is 9.33. The van der Waals surface area contributed by atoms with Crippen LogP contribution in [0.4, 0.5) is 4.39 Å². The number of rotatable bonds is 2. The molecule has 0 radical (unpaired) electrons. The first-order valence-electron chi connectivity index (χ1n) is 6.13. The minimum absolute atomic E-state index is 0.165. The first kappa shape index (κ1) is 14.2. The molecule has 0 saturated carbocycles. The van der Waals surface area contributed by atoms with Crippen LogP contribution in [0.25, 0.3) is 10.9 Å². The molecular formula is C15H9BrClFN2O. The molecule has 0 spiro atoms. The van der Waals surface area contributed by atoms with Crippen molar-refractivity contribution in [3.05, 3.63) is 74.0 Å². The van der Waals surface area contributed by atoms with E-state index in [0.717, 1.165) is 4.47 Å². The highest BCUT2D eigenvalue weighted by atomic mass is 79.9. The second-order valence-electron chi connectivity index (χ2n) is 4.57. The fourth-order valence-electron chi connectivity index (χ4n) is 2.08. The minimum Gasteiger partial charge on any atom is -0.294 e. The van der Waals surface area contributed by atoms with Crippen molar-refractivity contribution in [3.8, 4) is 0 Å². The average Bonchev–Trinajstić information content (AvgIpc) is 2.45. The third kappa shape index (κ3) is 2.84. The summed E-state index contributed by atoms with van der Waals surface area (Å²) in [6.45, 7) is 0.243. The van der Waals surface area contributed by atoms with E-state index in [1.165, 1.54) is 23.0 Å². The van der Waals surface area contributed by atoms with Gasteiger partial charge in [-0.15, -0.1) is 0 Å². The minimum atomic E-state index is -0.406. The van der Waals surface area contributed by atoms with Crippen molar-refractivity contribution in [1.82, 2.24) is 9.55 Å². The van der Waals surface area contributed by atoms with E-state index in [-0.39, 0.29) is 17.1 Å². The quantitative estimate of drug-likeness (QED) is 0.686. The molecule has 0 atom stereocenters. The molecule has 0 bridgehead atoms. The highest BCUT2D eigenvalue weighted by Crippen LogP contribution is 2.19. The lowest BCUT2D eigenvalue weighted by atomic mass is 10.2. The van der Waals surface area contributed by atoms with E-state index >= 15 is 0 Å². The lowest BCUT2D eigenvalue weighted by Crippen LogP contribution is -2.21. The van der Waals surface area contributed by atoms with Crippen LogP contribution in [-0.4, -0.2) is 9.55 Å². The van der Waals surface area contributed by atoms with E-state index in [1.54, 1.807) is 18.2 Å². The third-order valence-electron chi connectivity index (χ3n) is 3.14. The number of hydrogen-bond donors (Lipinski definition) is 0. The molecule has 6 heteroatoms. The second-order valence-corrected chi connectivity index (χ2v) is 5.90. The molecule has 0 N–H and O–H groups in total. The lowest BCUT2D eigenvalue weighted by molar-refractivity contribution is 0.626. The molecule has 0 saturated heterocycles. The van der Waals surface area contributed by atoms with Crippen LogP contribution < -0.4 is 5.56 Å². The van der Waals surface area contributed by atoms with Gasteiger partial charge in [-0.1, -0.05) is 33.6 Å². The predicted molar refractivity (Wildman–Crippen MR) is 84.2 cm³/mol. The van der Waals surface area contributed by atoms with Crippen molar-refractivity contribution in [1.29, 1.82) is 0 Å². The molecule has 106 valence electrons. The van der Waals surface area contributed by atoms with Crippen molar-refractivity contribution in [2.45, 2.75) is 6.54 Å². The van der Waals surface area contributed by atoms with Crippen LogP contribution in [0.3, 0.4) is 0 Å². The molecule has 0 fully saturated rings. The maximum absolute atomic E-state index is 13.0. The van der Waals surface area contributed by atoms with Crippen molar-refractivity contribution >= 4 is 38.4 Å². The summed E-state index contributed by atoms with van der Waals surface area (Å²) in [5.41, 5.74) is 1.13. The van der Waals surface area contributed by atoms with Crippen molar-refractivity contribution in [2.24, 2.45) is 0 Å². The van der Waals surface area contributed by atoms with Crippen LogP contribution in [0.5, 0.6) is 0 Å². The fraction of sp³-hybridized carbons (Fsp3) is 0.0667. The molecule has 21 heavy (non-hydrogen) atoms. The van der Waals surface area contributed by atoms with E-state index in [9.17, 15) is 9.18 Å². The molecule has 3 rings (SSSR count). The first-order valence-corrected chi connectivity index (χ1v) is 7.30. The van der Waals surface area contributed by atoms with Crippen LogP contribution in [0.15, 0.2) is 52.0 Å². The molecule has 0 aliphatic carbocycles. The van der Waals surface area contributed by atoms with E-state index in [4.69, 9.17) is 11.6 Å². The van der Waals surface area contributed by atoms with Crippen LogP contribution in [-0.2, 0) is 6.54 Å². The Kier molecular flexibility index (Phi) is 3.78. The van der Waals surface area contributed by atoms with Gasteiger partial charge >= 0.3 is 0 Å². The highest BCUT2D eigenvalue weighted by Gasteiger charge is 2.08. The zero-order valence-electron chi connectivity index (χ0n) is 10.7. The van der Waals surface area contributed by atoms with Crippen LogP contribution >= 0.6 is 27.5 Å². The Bertz CT molecular complexity index is 894. The Morgan fingerprint density at radius 1 is 1.24 bits per heavy atom. The maximum Gasteiger partial charge on any atom is 0.261 e. The Labute approximate surface area is 133 Å². The summed E-state index contributed by atoms with van der Waals surface area (Å²) in [6, 6.07) is 9.44. The van der Waals surface area contributed by atoms with Crippen LogP contribution in [0, 0.1) is 5.82 Å². The van der Waals surface area contributed by atoms with Crippen molar-refractivity contribution < 1.29 is 4.39 Å². The van der Waals surface area contributed by atoms with E-state index < -0.39 is 5.82 Å². The number of nitrogens with zero attached hydrogens (tertiary/aromatic N) is 2. The van der Waals surface area contributed by atoms with Gasteiger partial charge in [0.2, 0.25) is 0 Å². The summed E-state index contributed by atoms with van der Waals surface area (Å²) in [4.78, 5) is 16.7. The molecule has 3 nitrogen and oxygen atoms in total. The SMILES string of the molecule is O=c1c2cc(Br)ccc2ncn1Cc1ccc(F)cc1Cl. The summed E-state index contributed by atoms with van der Waals surface area (Å²) in [5.74, 6) is -0.406. The van der Waals surface area contributed by atoms with E-state index in [1.807, 2.05) is 6.07 Å². The zero-order chi connectivity index (χ0) is 15.0. The molecule has 2 aromatic carbocycles. The van der Waals surface area contributed by atoms with Crippen LogP contribution in [0.2, 0.25) is 5.02 Å². The number of hydrogen-bond acceptors (Lipinski definition) is 2. The fourth-order valence-corrected chi connectivity index (χ4v) is 2.67.